The van der Waals surface area contributed by atoms with Crippen molar-refractivity contribution < 1.29 is 4.74 Å². The smallest absolute Gasteiger partial charge is 0.190 e. The van der Waals surface area contributed by atoms with Gasteiger partial charge in [-0.3, -0.25) is 0 Å². The number of hydrogen-bond acceptors (Lipinski definition) is 3. The highest BCUT2D eigenvalue weighted by Crippen LogP contribution is 2.56. The van der Waals surface area contributed by atoms with Crippen molar-refractivity contribution in [3.63, 3.8) is 0 Å². The Bertz CT molecular complexity index is 3280. The van der Waals surface area contributed by atoms with Gasteiger partial charge in [0.25, 0.3) is 0 Å². The van der Waals surface area contributed by atoms with Gasteiger partial charge in [-0.05, 0) is 114 Å². The topological polar surface area (TPSA) is 12.5 Å². The number of para-hydroxylation sites is 1. The zero-order valence-corrected chi connectivity index (χ0v) is 36.1. The maximum Gasteiger partial charge on any atom is 0.190 e. The molecule has 0 radical (unpaired) electrons. The molecule has 0 aromatic heterocycles. The minimum atomic E-state index is -2.90. The van der Waals surface area contributed by atoms with Crippen molar-refractivity contribution in [3.8, 4) is 22.6 Å². The molecule has 0 N–H and O–H groups in total. The molecular weight excluding hydrogens is 799 g/mol. The molecule has 2 nitrogen and oxygen atoms in total. The fourth-order valence-corrected chi connectivity index (χ4v) is 18.3. The summed E-state index contributed by atoms with van der Waals surface area (Å²) >= 11 is 1.89. The summed E-state index contributed by atoms with van der Waals surface area (Å²) in [6.07, 6.45) is 0. The van der Waals surface area contributed by atoms with Crippen LogP contribution in [0.25, 0.3) is 21.9 Å². The summed E-state index contributed by atoms with van der Waals surface area (Å²) in [7, 11) is -2.90. The summed E-state index contributed by atoms with van der Waals surface area (Å²) in [5, 5.41) is 7.77. The second-order valence-corrected chi connectivity index (χ2v) is 21.4. The van der Waals surface area contributed by atoms with Gasteiger partial charge in [-0.2, -0.15) is 0 Å². The van der Waals surface area contributed by atoms with Gasteiger partial charge in [-0.15, -0.1) is 0 Å². The Labute approximate surface area is 372 Å². The Morgan fingerprint density at radius 2 is 0.937 bits per heavy atom. The van der Waals surface area contributed by atoms with Crippen LogP contribution in [0.15, 0.2) is 246 Å². The molecule has 1 spiro atoms. The van der Waals surface area contributed by atoms with Crippen molar-refractivity contribution in [2.75, 3.05) is 4.90 Å². The molecule has 0 unspecified atom stereocenters. The molecule has 0 amide bonds. The first-order chi connectivity index (χ1) is 31.2. The highest BCUT2D eigenvalue weighted by molar-refractivity contribution is 8.00. The second kappa shape index (κ2) is 14.1. The molecule has 13 rings (SSSR count). The van der Waals surface area contributed by atoms with Crippen LogP contribution in [0.3, 0.4) is 0 Å². The van der Waals surface area contributed by atoms with Gasteiger partial charge in [0.2, 0.25) is 0 Å². The van der Waals surface area contributed by atoms with Gasteiger partial charge in [0.05, 0.1) is 11.1 Å². The van der Waals surface area contributed by atoms with Crippen molar-refractivity contribution in [3.05, 3.63) is 259 Å². The van der Waals surface area contributed by atoms with E-state index in [2.05, 4.69) is 241 Å². The molecule has 1 aliphatic carbocycles. The number of rotatable bonds is 5. The van der Waals surface area contributed by atoms with E-state index in [9.17, 15) is 0 Å². The SMILES string of the molecule is c1ccc(C2(c3ccc(N(c4ccc5c(c4)[Si]4(c6ccccc6O5)c5ccccc5Sc5ccccc54)c4cccc5ccccc45)cc3)c3ccccc3-c3ccccc32)cc1. The molecule has 3 aliphatic rings. The average Bonchev–Trinajstić information content (AvgIpc) is 3.66. The zero-order chi connectivity index (χ0) is 41.5. The van der Waals surface area contributed by atoms with Crippen LogP contribution in [-0.4, -0.2) is 8.07 Å². The van der Waals surface area contributed by atoms with Crippen LogP contribution >= 0.6 is 11.8 Å². The van der Waals surface area contributed by atoms with E-state index in [0.717, 1.165) is 28.6 Å². The molecule has 0 fully saturated rings. The third-order valence-electron chi connectivity index (χ3n) is 13.7. The maximum absolute atomic E-state index is 6.94. The Kier molecular flexibility index (Phi) is 8.11. The Morgan fingerprint density at radius 3 is 1.67 bits per heavy atom. The summed E-state index contributed by atoms with van der Waals surface area (Å²) in [6.45, 7) is 0. The van der Waals surface area contributed by atoms with Gasteiger partial charge < -0.3 is 9.64 Å². The van der Waals surface area contributed by atoms with Gasteiger partial charge in [0, 0.05) is 26.6 Å². The summed E-state index contributed by atoms with van der Waals surface area (Å²) in [5.74, 6) is 1.88. The van der Waals surface area contributed by atoms with Crippen molar-refractivity contribution >= 4 is 68.4 Å². The zero-order valence-electron chi connectivity index (χ0n) is 34.3. The predicted octanol–water partition coefficient (Wildman–Crippen LogP) is 12.6. The van der Waals surface area contributed by atoms with E-state index < -0.39 is 13.5 Å². The quantitative estimate of drug-likeness (QED) is 0.160. The Hall–Kier alpha value is -7.37. The summed E-state index contributed by atoms with van der Waals surface area (Å²) in [5.41, 5.74) is 10.5. The third kappa shape index (κ3) is 5.14. The van der Waals surface area contributed by atoms with Gasteiger partial charge in [-0.1, -0.05) is 194 Å². The number of fused-ring (bicyclic) bond motifs is 12. The largest absolute Gasteiger partial charge is 0.458 e. The molecule has 0 bridgehead atoms. The first-order valence-corrected chi connectivity index (χ1v) is 24.5. The molecule has 296 valence electrons. The Morgan fingerprint density at radius 1 is 0.397 bits per heavy atom. The normalized spacial score (nSPS) is 14.3. The van der Waals surface area contributed by atoms with Crippen LogP contribution in [0, 0.1) is 0 Å². The first kappa shape index (κ1) is 36.3. The molecule has 0 saturated heterocycles. The van der Waals surface area contributed by atoms with E-state index in [1.807, 2.05) is 11.8 Å². The lowest BCUT2D eigenvalue weighted by molar-refractivity contribution is 0.487. The van der Waals surface area contributed by atoms with Crippen LogP contribution in [0.5, 0.6) is 11.5 Å². The fraction of sp³-hybridized carbons (Fsp3) is 0.0169. The van der Waals surface area contributed by atoms with Gasteiger partial charge in [0.1, 0.15) is 11.5 Å². The molecule has 10 aromatic carbocycles. The number of nitrogens with zero attached hydrogens (tertiary/aromatic N) is 1. The minimum absolute atomic E-state index is 0.481. The lowest BCUT2D eigenvalue weighted by atomic mass is 9.68. The number of anilines is 3. The van der Waals surface area contributed by atoms with Gasteiger partial charge in [-0.25, -0.2) is 0 Å². The molecule has 63 heavy (non-hydrogen) atoms. The van der Waals surface area contributed by atoms with E-state index in [1.54, 1.807) is 0 Å². The number of benzene rings is 10. The molecular formula is C59H39NOSSi. The van der Waals surface area contributed by atoms with E-state index in [4.69, 9.17) is 4.74 Å². The lowest BCUT2D eigenvalue weighted by Crippen LogP contribution is -2.77. The molecule has 0 saturated carbocycles. The Balaban J connectivity index is 1.06. The molecule has 0 atom stereocenters. The highest BCUT2D eigenvalue weighted by Gasteiger charge is 2.52. The van der Waals surface area contributed by atoms with Crippen molar-refractivity contribution in [1.82, 2.24) is 0 Å². The maximum atomic E-state index is 6.94. The summed E-state index contributed by atoms with van der Waals surface area (Å²) in [4.78, 5) is 5.11. The van der Waals surface area contributed by atoms with Crippen molar-refractivity contribution in [2.45, 2.75) is 15.2 Å². The standard InChI is InChI=1S/C59H39NOSSi/c1-2-19-41(20-3-1)59(48-24-8-6-22-46(48)47-23-7-9-25-49(47)59)42-33-35-43(36-34-42)60(50-26-16-18-40-17-4-5-21-45(40)50)44-37-38-52-58(39-44)63(55-30-13-10-27-51(55)61-52)56-31-14-11-28-53(56)62-54-29-12-15-32-57(54)63/h1-39H. The monoisotopic (exact) mass is 837 g/mol. The highest BCUT2D eigenvalue weighted by atomic mass is 32.2. The molecule has 2 aliphatic heterocycles. The third-order valence-corrected chi connectivity index (χ3v) is 20.1. The van der Waals surface area contributed by atoms with Crippen molar-refractivity contribution in [1.29, 1.82) is 0 Å². The molecule has 4 heteroatoms. The summed E-state index contributed by atoms with van der Waals surface area (Å²) in [6, 6.07) is 87.7. The van der Waals surface area contributed by atoms with Crippen LogP contribution < -0.4 is 30.4 Å². The minimum Gasteiger partial charge on any atom is -0.458 e. The van der Waals surface area contributed by atoms with E-state index in [-0.39, 0.29) is 0 Å². The lowest BCUT2D eigenvalue weighted by Gasteiger charge is -2.43. The van der Waals surface area contributed by atoms with E-state index in [0.29, 0.717) is 0 Å². The second-order valence-electron chi connectivity index (χ2n) is 16.7. The van der Waals surface area contributed by atoms with Crippen LogP contribution in [-0.2, 0) is 5.41 Å². The van der Waals surface area contributed by atoms with E-state index in [1.165, 1.54) is 74.7 Å². The number of hydrogen-bond donors (Lipinski definition) is 0. The van der Waals surface area contributed by atoms with E-state index >= 15 is 0 Å². The van der Waals surface area contributed by atoms with Crippen LogP contribution in [0.2, 0.25) is 0 Å². The summed E-state index contributed by atoms with van der Waals surface area (Å²) < 4.78 is 6.94. The average molecular weight is 838 g/mol. The first-order valence-electron chi connectivity index (χ1n) is 21.7. The van der Waals surface area contributed by atoms with Crippen LogP contribution in [0.4, 0.5) is 17.1 Å². The predicted molar refractivity (Wildman–Crippen MR) is 264 cm³/mol. The van der Waals surface area contributed by atoms with Crippen molar-refractivity contribution in [2.24, 2.45) is 0 Å². The molecule has 2 heterocycles. The fourth-order valence-electron chi connectivity index (χ4n) is 11.1. The molecule has 10 aromatic rings. The van der Waals surface area contributed by atoms with Crippen LogP contribution in [0.1, 0.15) is 22.3 Å². The van der Waals surface area contributed by atoms with Gasteiger partial charge in [0.15, 0.2) is 8.07 Å². The number of ether oxygens (including phenoxy) is 1. The van der Waals surface area contributed by atoms with Gasteiger partial charge >= 0.3 is 0 Å².